The quantitative estimate of drug-likeness (QED) is 0.268. The highest BCUT2D eigenvalue weighted by atomic mass is 32.1. The molecule has 0 radical (unpaired) electrons. The van der Waals surface area contributed by atoms with Crippen molar-refractivity contribution in [2.75, 3.05) is 26.2 Å². The Morgan fingerprint density at radius 2 is 1.82 bits per heavy atom. The summed E-state index contributed by atoms with van der Waals surface area (Å²) in [5.41, 5.74) is 5.38. The first-order valence-electron chi connectivity index (χ1n) is 11.9. The highest BCUT2D eigenvalue weighted by Crippen LogP contribution is 2.38. The fraction of sp³-hybridized carbons (Fsp3) is 0.296. The van der Waals surface area contributed by atoms with Crippen molar-refractivity contribution in [2.24, 2.45) is 0 Å². The second-order valence-corrected chi connectivity index (χ2v) is 9.88. The predicted octanol–water partition coefficient (Wildman–Crippen LogP) is 6.69. The van der Waals surface area contributed by atoms with Crippen LogP contribution in [0.25, 0.3) is 42.9 Å². The minimum absolute atomic E-state index is 0.757. The molecule has 1 aliphatic rings. The first kappa shape index (κ1) is 20.5. The lowest BCUT2D eigenvalue weighted by molar-refractivity contribution is 0.205. The van der Waals surface area contributed by atoms with Gasteiger partial charge in [0, 0.05) is 28.4 Å². The smallest absolute Gasteiger partial charge is 0.126 e. The number of H-pyrrole nitrogens is 2. The van der Waals surface area contributed by atoms with Gasteiger partial charge in [-0.1, -0.05) is 36.8 Å². The maximum Gasteiger partial charge on any atom is 0.126 e. The van der Waals surface area contributed by atoms with Crippen molar-refractivity contribution in [1.82, 2.24) is 20.1 Å². The van der Waals surface area contributed by atoms with Gasteiger partial charge in [-0.3, -0.25) is 5.10 Å². The second kappa shape index (κ2) is 9.04. The van der Waals surface area contributed by atoms with Gasteiger partial charge in [-0.15, -0.1) is 11.3 Å². The van der Waals surface area contributed by atoms with Crippen LogP contribution in [0, 0.1) is 0 Å². The molecule has 2 N–H and O–H groups in total. The first-order valence-corrected chi connectivity index (χ1v) is 12.7. The van der Waals surface area contributed by atoms with E-state index in [1.165, 1.54) is 52.9 Å². The van der Waals surface area contributed by atoms with Crippen LogP contribution < -0.4 is 4.74 Å². The minimum Gasteiger partial charge on any atom is -0.493 e. The Kier molecular flexibility index (Phi) is 5.62. The summed E-state index contributed by atoms with van der Waals surface area (Å²) in [6.07, 6.45) is 5.14. The summed E-state index contributed by atoms with van der Waals surface area (Å²) in [4.78, 5) is 7.37. The number of fused-ring (bicyclic) bond motifs is 2. The van der Waals surface area contributed by atoms with Crippen LogP contribution >= 0.6 is 11.3 Å². The lowest BCUT2D eigenvalue weighted by Gasteiger charge is -2.26. The molecule has 33 heavy (non-hydrogen) atoms. The summed E-state index contributed by atoms with van der Waals surface area (Å²) in [5.74, 6) is 0.921. The third-order valence-electron chi connectivity index (χ3n) is 6.48. The van der Waals surface area contributed by atoms with Crippen molar-refractivity contribution in [3.63, 3.8) is 0 Å². The van der Waals surface area contributed by atoms with Crippen LogP contribution in [-0.4, -0.2) is 46.3 Å². The van der Waals surface area contributed by atoms with Crippen molar-refractivity contribution >= 4 is 32.5 Å². The number of likely N-dealkylation sites (tertiary alicyclic amines) is 1. The number of thiophene rings is 1. The van der Waals surface area contributed by atoms with Gasteiger partial charge in [0.2, 0.25) is 0 Å². The maximum atomic E-state index is 6.06. The average Bonchev–Trinajstić information content (AvgIpc) is 3.57. The second-order valence-electron chi connectivity index (χ2n) is 8.83. The van der Waals surface area contributed by atoms with Gasteiger partial charge in [0.25, 0.3) is 0 Å². The zero-order chi connectivity index (χ0) is 22.0. The van der Waals surface area contributed by atoms with E-state index in [2.05, 4.69) is 74.7 Å². The Morgan fingerprint density at radius 3 is 2.70 bits per heavy atom. The van der Waals surface area contributed by atoms with Crippen molar-refractivity contribution in [2.45, 2.75) is 25.7 Å². The summed E-state index contributed by atoms with van der Waals surface area (Å²) in [6.45, 7) is 4.38. The topological polar surface area (TPSA) is 56.9 Å². The third kappa shape index (κ3) is 4.28. The van der Waals surface area contributed by atoms with E-state index >= 15 is 0 Å². The molecule has 0 saturated carbocycles. The van der Waals surface area contributed by atoms with E-state index in [9.17, 15) is 0 Å². The number of piperidine rings is 1. The molecule has 1 saturated heterocycles. The molecule has 1 aliphatic heterocycles. The van der Waals surface area contributed by atoms with Crippen LogP contribution in [0.15, 0.2) is 60.7 Å². The molecule has 4 heterocycles. The Balaban J connectivity index is 1.18. The van der Waals surface area contributed by atoms with Gasteiger partial charge in [-0.2, -0.15) is 5.10 Å². The van der Waals surface area contributed by atoms with Gasteiger partial charge in [0.1, 0.15) is 11.4 Å². The molecule has 0 spiro atoms. The Morgan fingerprint density at radius 1 is 0.939 bits per heavy atom. The number of nitrogens with zero attached hydrogens (tertiary/aromatic N) is 2. The molecule has 6 heteroatoms. The summed E-state index contributed by atoms with van der Waals surface area (Å²) in [6, 6.07) is 21.2. The van der Waals surface area contributed by atoms with E-state index in [1.807, 2.05) is 6.07 Å². The molecule has 168 valence electrons. The van der Waals surface area contributed by atoms with Crippen molar-refractivity contribution in [3.8, 4) is 27.6 Å². The van der Waals surface area contributed by atoms with Crippen LogP contribution in [0.4, 0.5) is 0 Å². The van der Waals surface area contributed by atoms with Gasteiger partial charge in [0.15, 0.2) is 0 Å². The van der Waals surface area contributed by atoms with Crippen LogP contribution in [0.3, 0.4) is 0 Å². The summed E-state index contributed by atoms with van der Waals surface area (Å²) >= 11 is 1.77. The lowest BCUT2D eigenvalue weighted by Crippen LogP contribution is -2.31. The SMILES string of the molecule is c1ccc(-c2cc3[nH]nc(-c4cc5ccc(OCCCN6CCCCC6)cc5[nH]4)c3s2)cc1. The number of nitrogens with one attached hydrogen (secondary N) is 2. The van der Waals surface area contributed by atoms with Crippen LogP contribution in [0.1, 0.15) is 25.7 Å². The normalized spacial score (nSPS) is 14.9. The number of hydrogen-bond acceptors (Lipinski definition) is 4. The molecule has 0 unspecified atom stereocenters. The first-order chi connectivity index (χ1) is 16.3. The van der Waals surface area contributed by atoms with Crippen molar-refractivity contribution < 1.29 is 4.74 Å². The zero-order valence-corrected chi connectivity index (χ0v) is 19.5. The van der Waals surface area contributed by atoms with Gasteiger partial charge in [-0.25, -0.2) is 0 Å². The monoisotopic (exact) mass is 456 g/mol. The molecule has 2 aromatic carbocycles. The fourth-order valence-corrected chi connectivity index (χ4v) is 5.85. The van der Waals surface area contributed by atoms with Crippen molar-refractivity contribution in [1.29, 1.82) is 0 Å². The highest BCUT2D eigenvalue weighted by Gasteiger charge is 2.15. The fourth-order valence-electron chi connectivity index (χ4n) is 4.73. The average molecular weight is 457 g/mol. The van der Waals surface area contributed by atoms with Crippen LogP contribution in [-0.2, 0) is 0 Å². The lowest BCUT2D eigenvalue weighted by atomic mass is 10.1. The maximum absolute atomic E-state index is 6.06. The zero-order valence-electron chi connectivity index (χ0n) is 18.6. The predicted molar refractivity (Wildman–Crippen MR) is 137 cm³/mol. The molecule has 0 aliphatic carbocycles. The van der Waals surface area contributed by atoms with Gasteiger partial charge >= 0.3 is 0 Å². The largest absolute Gasteiger partial charge is 0.493 e. The molecular weight excluding hydrogens is 428 g/mol. The molecule has 1 fully saturated rings. The molecule has 3 aromatic heterocycles. The Bertz CT molecular complexity index is 1360. The van der Waals surface area contributed by atoms with E-state index in [0.717, 1.165) is 47.7 Å². The van der Waals surface area contributed by atoms with Gasteiger partial charge < -0.3 is 14.6 Å². The van der Waals surface area contributed by atoms with Gasteiger partial charge in [-0.05, 0) is 62.2 Å². The number of aromatic amines is 2. The third-order valence-corrected chi connectivity index (χ3v) is 7.67. The summed E-state index contributed by atoms with van der Waals surface area (Å²) in [5, 5.41) is 8.98. The van der Waals surface area contributed by atoms with E-state index in [-0.39, 0.29) is 0 Å². The number of hydrogen-bond donors (Lipinski definition) is 2. The van der Waals surface area contributed by atoms with Gasteiger partial charge in [0.05, 0.1) is 22.5 Å². The summed E-state index contributed by atoms with van der Waals surface area (Å²) in [7, 11) is 0. The van der Waals surface area contributed by atoms with E-state index in [1.54, 1.807) is 11.3 Å². The number of aromatic nitrogens is 3. The van der Waals surface area contributed by atoms with E-state index in [0.29, 0.717) is 0 Å². The number of benzene rings is 2. The summed E-state index contributed by atoms with van der Waals surface area (Å²) < 4.78 is 7.24. The molecule has 0 atom stereocenters. The molecule has 0 bridgehead atoms. The number of rotatable bonds is 7. The molecule has 0 amide bonds. The van der Waals surface area contributed by atoms with E-state index in [4.69, 9.17) is 4.74 Å². The highest BCUT2D eigenvalue weighted by molar-refractivity contribution is 7.22. The molecule has 6 rings (SSSR count). The Hall–Kier alpha value is -3.09. The molecular formula is C27H28N4OS. The Labute approximate surface area is 197 Å². The number of ether oxygens (including phenoxy) is 1. The molecule has 5 aromatic rings. The standard InChI is InChI=1S/C27H28N4OS/c1-3-8-19(9-4-1)25-18-24-27(33-25)26(30-29-24)23-16-20-10-11-21(17-22(20)28-23)32-15-7-14-31-12-5-2-6-13-31/h1,3-4,8-11,16-18,28H,2,5-7,12-15H2,(H,29,30). The minimum atomic E-state index is 0.757. The van der Waals surface area contributed by atoms with Crippen LogP contribution in [0.5, 0.6) is 5.75 Å². The molecule has 5 nitrogen and oxygen atoms in total. The van der Waals surface area contributed by atoms with E-state index < -0.39 is 0 Å². The van der Waals surface area contributed by atoms with Crippen molar-refractivity contribution in [3.05, 3.63) is 60.7 Å². The van der Waals surface area contributed by atoms with Crippen LogP contribution in [0.2, 0.25) is 0 Å².